The van der Waals surface area contributed by atoms with Crippen LogP contribution >= 0.6 is 11.6 Å². The van der Waals surface area contributed by atoms with Gasteiger partial charge in [-0.2, -0.15) is 0 Å². The van der Waals surface area contributed by atoms with Crippen LogP contribution in [0.15, 0.2) is 22.9 Å². The van der Waals surface area contributed by atoms with Crippen LogP contribution in [0.4, 0.5) is 0 Å². The summed E-state index contributed by atoms with van der Waals surface area (Å²) in [5.41, 5.74) is 0.697. The van der Waals surface area contributed by atoms with Crippen molar-refractivity contribution in [2.24, 2.45) is 17.8 Å². The number of nitrogens with zero attached hydrogens (tertiary/aromatic N) is 1. The summed E-state index contributed by atoms with van der Waals surface area (Å²) < 4.78 is 11.7. The maximum Gasteiger partial charge on any atom is 0.354 e. The lowest BCUT2D eigenvalue weighted by Crippen LogP contribution is -2.39. The molecule has 3 rings (SSSR count). The van der Waals surface area contributed by atoms with Crippen molar-refractivity contribution in [2.75, 3.05) is 13.1 Å². The Morgan fingerprint density at radius 2 is 2.00 bits per heavy atom. The number of hydrogen-bond donors (Lipinski definition) is 0. The predicted octanol–water partition coefficient (Wildman–Crippen LogP) is 3.67. The molecular weight excluding hydrogens is 314 g/mol. The molecule has 1 saturated carbocycles. The van der Waals surface area contributed by atoms with E-state index in [4.69, 9.17) is 21.1 Å². The van der Waals surface area contributed by atoms with E-state index in [-0.39, 0.29) is 11.1 Å². The second kappa shape index (κ2) is 6.86. The molecule has 0 radical (unpaired) electrons. The average molecular weight is 340 g/mol. The van der Waals surface area contributed by atoms with E-state index in [0.29, 0.717) is 23.5 Å². The van der Waals surface area contributed by atoms with Crippen LogP contribution in [0.2, 0.25) is 0 Å². The van der Waals surface area contributed by atoms with Gasteiger partial charge in [0.2, 0.25) is 6.29 Å². The summed E-state index contributed by atoms with van der Waals surface area (Å²) in [5, 5.41) is 0.170. The number of rotatable bonds is 4. The van der Waals surface area contributed by atoms with Crippen LogP contribution in [0.1, 0.15) is 40.0 Å². The molecule has 0 N–H and O–H groups in total. The van der Waals surface area contributed by atoms with Crippen LogP contribution in [0, 0.1) is 17.8 Å². The lowest BCUT2D eigenvalue weighted by atomic mass is 9.75. The standard InChI is InChI=1S/C18H26ClNO3/c1-11(2)13-7-6-12(3)10-14(13)22-18-16(15(19)17(21)23-18)20-8-4-5-9-20/h4-5,11-14,18H,6-10H2,1-3H3/t12-,13+,14-,18+/m1/s1. The van der Waals surface area contributed by atoms with Gasteiger partial charge >= 0.3 is 5.97 Å². The van der Waals surface area contributed by atoms with E-state index in [9.17, 15) is 4.79 Å². The molecule has 23 heavy (non-hydrogen) atoms. The Morgan fingerprint density at radius 3 is 2.65 bits per heavy atom. The van der Waals surface area contributed by atoms with Gasteiger partial charge in [0.15, 0.2) is 5.03 Å². The minimum Gasteiger partial charge on any atom is -0.425 e. The maximum absolute atomic E-state index is 11.9. The largest absolute Gasteiger partial charge is 0.425 e. The molecule has 1 fully saturated rings. The third-order valence-electron chi connectivity index (χ3n) is 5.26. The fourth-order valence-electron chi connectivity index (χ4n) is 3.90. The monoisotopic (exact) mass is 339 g/mol. The highest BCUT2D eigenvalue weighted by molar-refractivity contribution is 6.42. The van der Waals surface area contributed by atoms with E-state index in [1.807, 2.05) is 0 Å². The molecule has 0 unspecified atom stereocenters. The number of hydrogen-bond acceptors (Lipinski definition) is 4. The summed E-state index contributed by atoms with van der Waals surface area (Å²) in [5.74, 6) is 1.23. The lowest BCUT2D eigenvalue weighted by Gasteiger charge is -2.38. The highest BCUT2D eigenvalue weighted by atomic mass is 35.5. The molecule has 0 amide bonds. The van der Waals surface area contributed by atoms with Crippen molar-refractivity contribution in [2.45, 2.75) is 52.4 Å². The number of ether oxygens (including phenoxy) is 2. The van der Waals surface area contributed by atoms with Crippen molar-refractivity contribution in [3.05, 3.63) is 22.9 Å². The highest BCUT2D eigenvalue weighted by Gasteiger charge is 2.41. The molecule has 128 valence electrons. The molecule has 2 heterocycles. The maximum atomic E-state index is 11.9. The molecule has 0 aromatic carbocycles. The van der Waals surface area contributed by atoms with Gasteiger partial charge < -0.3 is 14.4 Å². The third-order valence-corrected chi connectivity index (χ3v) is 5.61. The summed E-state index contributed by atoms with van der Waals surface area (Å²) >= 11 is 6.20. The summed E-state index contributed by atoms with van der Waals surface area (Å²) in [6.07, 6.45) is 7.01. The number of carbonyl (C=O) groups excluding carboxylic acids is 1. The Hall–Kier alpha value is -1.00. The zero-order chi connectivity index (χ0) is 16.6. The zero-order valence-corrected chi connectivity index (χ0v) is 14.9. The van der Waals surface area contributed by atoms with Gasteiger partial charge in [-0.05, 0) is 30.6 Å². The van der Waals surface area contributed by atoms with Crippen LogP contribution in [0.25, 0.3) is 0 Å². The van der Waals surface area contributed by atoms with Crippen molar-refractivity contribution >= 4 is 17.6 Å². The van der Waals surface area contributed by atoms with Gasteiger partial charge in [-0.1, -0.05) is 50.9 Å². The molecule has 0 saturated heterocycles. The van der Waals surface area contributed by atoms with Crippen molar-refractivity contribution in [3.63, 3.8) is 0 Å². The van der Waals surface area contributed by atoms with E-state index < -0.39 is 12.3 Å². The van der Waals surface area contributed by atoms with Crippen LogP contribution in [0.3, 0.4) is 0 Å². The van der Waals surface area contributed by atoms with Gasteiger partial charge in [-0.15, -0.1) is 0 Å². The van der Waals surface area contributed by atoms with Crippen molar-refractivity contribution in [1.82, 2.24) is 4.90 Å². The van der Waals surface area contributed by atoms with Crippen LogP contribution in [-0.2, 0) is 14.3 Å². The number of carbonyl (C=O) groups is 1. The number of cyclic esters (lactones) is 1. The molecule has 4 nitrogen and oxygen atoms in total. The highest BCUT2D eigenvalue weighted by Crippen LogP contribution is 2.39. The average Bonchev–Trinajstić information content (AvgIpc) is 3.08. The summed E-state index contributed by atoms with van der Waals surface area (Å²) in [6.45, 7) is 8.24. The molecule has 0 aromatic rings. The summed E-state index contributed by atoms with van der Waals surface area (Å²) in [6, 6.07) is 0. The topological polar surface area (TPSA) is 38.8 Å². The van der Waals surface area contributed by atoms with E-state index in [0.717, 1.165) is 19.5 Å². The predicted molar refractivity (Wildman–Crippen MR) is 89.7 cm³/mol. The second-order valence-corrected chi connectivity index (χ2v) is 7.69. The smallest absolute Gasteiger partial charge is 0.354 e. The van der Waals surface area contributed by atoms with E-state index in [1.165, 1.54) is 12.8 Å². The van der Waals surface area contributed by atoms with E-state index in [1.54, 1.807) is 0 Å². The van der Waals surface area contributed by atoms with Gasteiger partial charge in [-0.25, -0.2) is 4.79 Å². The first-order valence-corrected chi connectivity index (χ1v) is 9.01. The molecule has 0 aromatic heterocycles. The molecule has 0 spiro atoms. The minimum absolute atomic E-state index is 0.115. The summed E-state index contributed by atoms with van der Waals surface area (Å²) in [4.78, 5) is 14.0. The van der Waals surface area contributed by atoms with Gasteiger partial charge in [-0.3, -0.25) is 0 Å². The van der Waals surface area contributed by atoms with Gasteiger partial charge in [0.25, 0.3) is 0 Å². The molecule has 5 heteroatoms. The van der Waals surface area contributed by atoms with Crippen LogP contribution in [0.5, 0.6) is 0 Å². The van der Waals surface area contributed by atoms with Crippen LogP contribution < -0.4 is 0 Å². The Balaban J connectivity index is 1.76. The molecule has 2 aliphatic heterocycles. The quantitative estimate of drug-likeness (QED) is 0.578. The van der Waals surface area contributed by atoms with E-state index in [2.05, 4.69) is 37.8 Å². The van der Waals surface area contributed by atoms with Gasteiger partial charge in [0.1, 0.15) is 5.70 Å². The molecule has 3 aliphatic rings. The molecular formula is C18H26ClNO3. The Labute approximate surface area is 143 Å². The first-order chi connectivity index (χ1) is 11.0. The Bertz CT molecular complexity index is 520. The Kier molecular flexibility index (Phi) is 5.02. The first kappa shape index (κ1) is 16.8. The van der Waals surface area contributed by atoms with Crippen molar-refractivity contribution < 1.29 is 14.3 Å². The molecule has 4 atom stereocenters. The molecule has 0 bridgehead atoms. The summed E-state index contributed by atoms with van der Waals surface area (Å²) in [7, 11) is 0. The number of esters is 1. The fraction of sp³-hybridized carbons (Fsp3) is 0.722. The van der Waals surface area contributed by atoms with E-state index >= 15 is 0 Å². The van der Waals surface area contributed by atoms with Crippen LogP contribution in [-0.4, -0.2) is 36.4 Å². The van der Waals surface area contributed by atoms with Crippen molar-refractivity contribution in [1.29, 1.82) is 0 Å². The Morgan fingerprint density at radius 1 is 1.30 bits per heavy atom. The zero-order valence-electron chi connectivity index (χ0n) is 14.1. The van der Waals surface area contributed by atoms with Crippen molar-refractivity contribution in [3.8, 4) is 0 Å². The third kappa shape index (κ3) is 3.43. The van der Waals surface area contributed by atoms with Gasteiger partial charge in [0, 0.05) is 13.1 Å². The van der Waals surface area contributed by atoms with Gasteiger partial charge in [0.05, 0.1) is 6.10 Å². The minimum atomic E-state index is -0.661. The second-order valence-electron chi connectivity index (χ2n) is 7.31. The lowest BCUT2D eigenvalue weighted by molar-refractivity contribution is -0.184. The normalized spacial score (nSPS) is 34.7. The SMILES string of the molecule is CC(C)[C@@H]1CC[C@@H](C)C[C@H]1O[C@H]1OC(=O)C(Cl)=C1N1CC=CC1. The fourth-order valence-corrected chi connectivity index (χ4v) is 4.15. The first-order valence-electron chi connectivity index (χ1n) is 8.63. The molecule has 1 aliphatic carbocycles. The number of halogens is 1.